The van der Waals surface area contributed by atoms with Gasteiger partial charge >= 0.3 is 0 Å². The van der Waals surface area contributed by atoms with Crippen molar-refractivity contribution in [3.05, 3.63) is 119 Å². The van der Waals surface area contributed by atoms with Gasteiger partial charge in [0.2, 0.25) is 0 Å². The summed E-state index contributed by atoms with van der Waals surface area (Å²) >= 11 is 0. The molecule has 0 radical (unpaired) electrons. The second kappa shape index (κ2) is 13.5. The minimum Gasteiger partial charge on any atom is -0.289 e. The SMILES string of the molecule is CC(C)(C)C1=CC(=C/N=N\c2ccccc2-c2cccc(/N=N/C=C3C=C(C(C)(C)C)C(=O)C(C(C)(C)C)=C3)c2)C=C(C(C)(C)C)C1=O. The molecule has 4 rings (SSSR count). The highest BCUT2D eigenvalue weighted by molar-refractivity contribution is 6.12. The molecule has 2 aromatic rings. The molecule has 0 spiro atoms. The molecule has 0 amide bonds. The molecule has 6 heteroatoms. The number of ketones is 2. The van der Waals surface area contributed by atoms with E-state index >= 15 is 0 Å². The molecular weight excluding hydrogens is 592 g/mol. The summed E-state index contributed by atoms with van der Waals surface area (Å²) in [6, 6.07) is 15.7. The predicted molar refractivity (Wildman–Crippen MR) is 197 cm³/mol. The summed E-state index contributed by atoms with van der Waals surface area (Å²) in [7, 11) is 0. The van der Waals surface area contributed by atoms with Gasteiger partial charge in [-0.2, -0.15) is 20.5 Å². The fraction of sp³-hybridized carbons (Fsp3) is 0.381. The van der Waals surface area contributed by atoms with Crippen molar-refractivity contribution in [2.75, 3.05) is 0 Å². The number of nitrogens with zero attached hydrogens (tertiary/aromatic N) is 4. The van der Waals surface area contributed by atoms with Crippen molar-refractivity contribution < 1.29 is 9.59 Å². The molecule has 0 atom stereocenters. The van der Waals surface area contributed by atoms with Crippen LogP contribution in [0.4, 0.5) is 11.4 Å². The zero-order valence-corrected chi connectivity index (χ0v) is 30.7. The van der Waals surface area contributed by atoms with Gasteiger partial charge < -0.3 is 0 Å². The monoisotopic (exact) mass is 642 g/mol. The number of carbonyl (C=O) groups is 2. The van der Waals surface area contributed by atoms with Crippen LogP contribution in [0.25, 0.3) is 11.1 Å². The minimum absolute atomic E-state index is 0.0914. The molecule has 48 heavy (non-hydrogen) atoms. The highest BCUT2D eigenvalue weighted by Gasteiger charge is 2.35. The van der Waals surface area contributed by atoms with Gasteiger partial charge in [0.25, 0.3) is 0 Å². The maximum absolute atomic E-state index is 13.3. The quantitative estimate of drug-likeness (QED) is 0.304. The molecule has 0 heterocycles. The van der Waals surface area contributed by atoms with Gasteiger partial charge in [0.15, 0.2) is 11.6 Å². The molecule has 0 saturated carbocycles. The van der Waals surface area contributed by atoms with E-state index < -0.39 is 0 Å². The van der Waals surface area contributed by atoms with Crippen LogP contribution in [0.15, 0.2) is 139 Å². The van der Waals surface area contributed by atoms with Gasteiger partial charge in [-0.05, 0) is 80.9 Å². The van der Waals surface area contributed by atoms with Gasteiger partial charge in [-0.25, -0.2) is 0 Å². The first-order valence-electron chi connectivity index (χ1n) is 16.6. The summed E-state index contributed by atoms with van der Waals surface area (Å²) in [6.07, 6.45) is 11.1. The first-order valence-corrected chi connectivity index (χ1v) is 16.6. The molecule has 0 fully saturated rings. The smallest absolute Gasteiger partial charge is 0.186 e. The van der Waals surface area contributed by atoms with E-state index in [9.17, 15) is 9.59 Å². The Balaban J connectivity index is 1.64. The molecule has 0 aliphatic heterocycles. The van der Waals surface area contributed by atoms with Crippen molar-refractivity contribution in [2.24, 2.45) is 42.1 Å². The van der Waals surface area contributed by atoms with Gasteiger partial charge in [-0.1, -0.05) is 113 Å². The first-order chi connectivity index (χ1) is 22.2. The Morgan fingerprint density at radius 1 is 0.500 bits per heavy atom. The second-order valence-corrected chi connectivity index (χ2v) is 16.6. The van der Waals surface area contributed by atoms with Crippen LogP contribution in [-0.2, 0) is 9.59 Å². The van der Waals surface area contributed by atoms with E-state index in [1.54, 1.807) is 12.4 Å². The molecular formula is C42H50N4O2. The van der Waals surface area contributed by atoms with Crippen molar-refractivity contribution in [2.45, 2.75) is 83.1 Å². The van der Waals surface area contributed by atoms with Crippen molar-refractivity contribution >= 4 is 22.9 Å². The molecule has 0 N–H and O–H groups in total. The largest absolute Gasteiger partial charge is 0.289 e. The number of rotatable bonds is 5. The fourth-order valence-electron chi connectivity index (χ4n) is 5.54. The van der Waals surface area contributed by atoms with E-state index in [0.29, 0.717) is 11.4 Å². The van der Waals surface area contributed by atoms with Crippen molar-refractivity contribution in [1.29, 1.82) is 0 Å². The van der Waals surface area contributed by atoms with Gasteiger partial charge in [0.1, 0.15) is 0 Å². The Bertz CT molecular complexity index is 1790. The summed E-state index contributed by atoms with van der Waals surface area (Å²) in [4.78, 5) is 26.6. The molecule has 0 bridgehead atoms. The highest BCUT2D eigenvalue weighted by atomic mass is 16.1. The van der Waals surface area contributed by atoms with Crippen LogP contribution in [0, 0.1) is 21.7 Å². The molecule has 0 unspecified atom stereocenters. The molecule has 2 aliphatic carbocycles. The standard InChI is InChI=1S/C42H50N4O2/c1-39(2,3)32-20-27(21-33(37(32)47)40(4,5)6)25-43-45-30-17-15-16-29(24-30)31-18-13-14-19-36(31)46-44-26-28-22-34(41(7,8)9)38(48)35(23-28)42(10,11)12/h13-26H,1-12H3/b45-43+,46-44-. The van der Waals surface area contributed by atoms with E-state index in [4.69, 9.17) is 0 Å². The Labute approximate surface area is 287 Å². The first kappa shape index (κ1) is 36.3. The van der Waals surface area contributed by atoms with E-state index in [0.717, 1.165) is 44.6 Å². The summed E-state index contributed by atoms with van der Waals surface area (Å²) < 4.78 is 0. The van der Waals surface area contributed by atoms with Crippen molar-refractivity contribution in [1.82, 2.24) is 0 Å². The molecule has 0 aromatic heterocycles. The lowest BCUT2D eigenvalue weighted by molar-refractivity contribution is -0.114. The summed E-state index contributed by atoms with van der Waals surface area (Å²) in [5.41, 5.74) is 6.85. The summed E-state index contributed by atoms with van der Waals surface area (Å²) in [6.45, 7) is 24.7. The summed E-state index contributed by atoms with van der Waals surface area (Å²) in [5, 5.41) is 18.0. The van der Waals surface area contributed by atoms with Crippen LogP contribution in [0.2, 0.25) is 0 Å². The number of hydrogen-bond donors (Lipinski definition) is 0. The Morgan fingerprint density at radius 3 is 1.35 bits per heavy atom. The topological polar surface area (TPSA) is 83.6 Å². The van der Waals surface area contributed by atoms with Crippen LogP contribution >= 0.6 is 0 Å². The maximum atomic E-state index is 13.3. The van der Waals surface area contributed by atoms with Gasteiger partial charge in [0, 0.05) is 27.9 Å². The third-order valence-electron chi connectivity index (χ3n) is 8.27. The zero-order chi connectivity index (χ0) is 35.7. The Kier molecular flexibility index (Phi) is 10.2. The van der Waals surface area contributed by atoms with Crippen molar-refractivity contribution in [3.8, 4) is 11.1 Å². The number of benzene rings is 2. The maximum Gasteiger partial charge on any atom is 0.186 e. The number of carbonyl (C=O) groups excluding carboxylic acids is 2. The Morgan fingerprint density at radius 2 is 0.917 bits per heavy atom. The van der Waals surface area contributed by atoms with Gasteiger partial charge in [-0.3, -0.25) is 9.59 Å². The number of Topliss-reactive ketones (excluding diaryl/α,β-unsaturated/α-hetero) is 2. The van der Waals surface area contributed by atoms with Gasteiger partial charge in [-0.15, -0.1) is 0 Å². The van der Waals surface area contributed by atoms with E-state index in [1.807, 2.05) is 72.8 Å². The molecule has 0 saturated heterocycles. The zero-order valence-electron chi connectivity index (χ0n) is 30.7. The third kappa shape index (κ3) is 8.66. The minimum atomic E-state index is -0.295. The lowest BCUT2D eigenvalue weighted by Crippen LogP contribution is -2.27. The van der Waals surface area contributed by atoms with Crippen LogP contribution in [-0.4, -0.2) is 11.6 Å². The van der Waals surface area contributed by atoms with E-state index in [2.05, 4.69) is 104 Å². The van der Waals surface area contributed by atoms with Crippen LogP contribution in [0.5, 0.6) is 0 Å². The average Bonchev–Trinajstić information content (AvgIpc) is 2.96. The third-order valence-corrected chi connectivity index (χ3v) is 8.27. The lowest BCUT2D eigenvalue weighted by Gasteiger charge is -2.31. The molecule has 6 nitrogen and oxygen atoms in total. The van der Waals surface area contributed by atoms with Gasteiger partial charge in [0.05, 0.1) is 23.8 Å². The van der Waals surface area contributed by atoms with E-state index in [-0.39, 0.29) is 33.2 Å². The number of azo groups is 2. The van der Waals surface area contributed by atoms with Crippen LogP contribution in [0.3, 0.4) is 0 Å². The summed E-state index contributed by atoms with van der Waals surface area (Å²) in [5.74, 6) is 0.184. The molecule has 2 aliphatic rings. The van der Waals surface area contributed by atoms with Crippen LogP contribution < -0.4 is 0 Å². The predicted octanol–water partition coefficient (Wildman–Crippen LogP) is 12.3. The number of allylic oxidation sites excluding steroid dienone is 10. The highest BCUT2D eigenvalue weighted by Crippen LogP contribution is 2.40. The average molecular weight is 643 g/mol. The Hall–Kier alpha value is -4.58. The second-order valence-electron chi connectivity index (χ2n) is 16.6. The van der Waals surface area contributed by atoms with Crippen molar-refractivity contribution in [3.63, 3.8) is 0 Å². The molecule has 250 valence electrons. The normalized spacial score (nSPS) is 16.7. The number of hydrogen-bond acceptors (Lipinski definition) is 6. The van der Waals surface area contributed by atoms with Crippen LogP contribution in [0.1, 0.15) is 83.1 Å². The molecule has 2 aromatic carbocycles. The lowest BCUT2D eigenvalue weighted by atomic mass is 9.72. The van der Waals surface area contributed by atoms with E-state index in [1.165, 1.54) is 0 Å². The fourth-order valence-corrected chi connectivity index (χ4v) is 5.54.